The predicted octanol–water partition coefficient (Wildman–Crippen LogP) is 5.04. The standard InChI is InChI=1S/C16H17F2N3O2.C2H6/c1-21(15-4-2-3-12(8-15)16(22)23)20-19-10-11-5-6-13(17)9-14(18)7-11;1-2/h3,5-6,8-9H,2,4,7,10H2,1H3,(H,22,23);1-2H3. The van der Waals surface area contributed by atoms with Crippen LogP contribution in [0, 0.1) is 0 Å². The van der Waals surface area contributed by atoms with Crippen LogP contribution in [0.25, 0.3) is 0 Å². The number of carbonyl (C=O) groups is 1. The normalized spacial score (nSPS) is 17.2. The molecule has 7 heteroatoms. The van der Waals surface area contributed by atoms with Crippen LogP contribution in [0.1, 0.15) is 33.1 Å². The first-order valence-electron chi connectivity index (χ1n) is 8.12. The second-order valence-corrected chi connectivity index (χ2v) is 5.20. The molecule has 0 aliphatic heterocycles. The first kappa shape index (κ1) is 20.5. The molecule has 2 aliphatic carbocycles. The van der Waals surface area contributed by atoms with Crippen molar-refractivity contribution in [1.82, 2.24) is 5.01 Å². The monoisotopic (exact) mass is 351 g/mol. The van der Waals surface area contributed by atoms with Crippen LogP contribution in [0.5, 0.6) is 0 Å². The van der Waals surface area contributed by atoms with E-state index in [0.717, 1.165) is 11.8 Å². The highest BCUT2D eigenvalue weighted by Gasteiger charge is 2.13. The van der Waals surface area contributed by atoms with Gasteiger partial charge in [-0.2, -0.15) is 5.11 Å². The van der Waals surface area contributed by atoms with Crippen LogP contribution in [0.3, 0.4) is 0 Å². The van der Waals surface area contributed by atoms with Gasteiger partial charge < -0.3 is 5.11 Å². The topological polar surface area (TPSA) is 65.3 Å². The van der Waals surface area contributed by atoms with Crippen molar-refractivity contribution in [2.75, 3.05) is 13.6 Å². The van der Waals surface area contributed by atoms with Crippen molar-refractivity contribution in [3.8, 4) is 0 Å². The SMILES string of the molecule is CC.CN(N=NCC1=CC=C(F)C=C(F)C1)C1=CC(C(=O)O)=CCC1. The molecule has 0 fully saturated rings. The van der Waals surface area contributed by atoms with E-state index in [1.54, 1.807) is 19.2 Å². The molecule has 25 heavy (non-hydrogen) atoms. The molecule has 0 radical (unpaired) electrons. The largest absolute Gasteiger partial charge is 0.478 e. The lowest BCUT2D eigenvalue weighted by Crippen LogP contribution is -2.14. The maximum absolute atomic E-state index is 13.3. The fraction of sp³-hybridized carbons (Fsp3) is 0.389. The van der Waals surface area contributed by atoms with Crippen LogP contribution < -0.4 is 0 Å². The van der Waals surface area contributed by atoms with Crippen molar-refractivity contribution in [2.24, 2.45) is 10.3 Å². The second-order valence-electron chi connectivity index (χ2n) is 5.20. The van der Waals surface area contributed by atoms with Crippen LogP contribution in [-0.2, 0) is 4.79 Å². The zero-order valence-electron chi connectivity index (χ0n) is 14.7. The maximum atomic E-state index is 13.3. The highest BCUT2D eigenvalue weighted by Crippen LogP contribution is 2.22. The zero-order valence-corrected chi connectivity index (χ0v) is 14.7. The molecule has 0 atom stereocenters. The van der Waals surface area contributed by atoms with Gasteiger partial charge in [-0.15, -0.1) is 0 Å². The van der Waals surface area contributed by atoms with E-state index in [9.17, 15) is 13.6 Å². The Bertz CT molecular complexity index is 674. The quantitative estimate of drug-likeness (QED) is 0.557. The van der Waals surface area contributed by atoms with Crippen LogP contribution >= 0.6 is 0 Å². The average molecular weight is 351 g/mol. The lowest BCUT2D eigenvalue weighted by atomic mass is 10.0. The van der Waals surface area contributed by atoms with Crippen molar-refractivity contribution < 1.29 is 18.7 Å². The van der Waals surface area contributed by atoms with E-state index in [4.69, 9.17) is 5.11 Å². The highest BCUT2D eigenvalue weighted by atomic mass is 19.1. The number of halogens is 2. The third kappa shape index (κ3) is 6.82. The summed E-state index contributed by atoms with van der Waals surface area (Å²) < 4.78 is 26.4. The summed E-state index contributed by atoms with van der Waals surface area (Å²) >= 11 is 0. The Balaban J connectivity index is 0.00000151. The van der Waals surface area contributed by atoms with E-state index in [0.29, 0.717) is 18.4 Å². The molecule has 5 nitrogen and oxygen atoms in total. The van der Waals surface area contributed by atoms with E-state index in [2.05, 4.69) is 10.3 Å². The number of hydrogen-bond donors (Lipinski definition) is 1. The van der Waals surface area contributed by atoms with Gasteiger partial charge in [0.15, 0.2) is 0 Å². The molecule has 2 rings (SSSR count). The van der Waals surface area contributed by atoms with Gasteiger partial charge in [-0.1, -0.05) is 31.2 Å². The second kappa shape index (κ2) is 10.3. The molecular formula is C18H23F2N3O2. The minimum absolute atomic E-state index is 0.00124. The molecule has 0 amide bonds. The molecule has 0 bridgehead atoms. The van der Waals surface area contributed by atoms with E-state index in [-0.39, 0.29) is 18.5 Å². The van der Waals surface area contributed by atoms with Gasteiger partial charge in [0.05, 0.1) is 12.1 Å². The zero-order chi connectivity index (χ0) is 18.8. The average Bonchev–Trinajstić information content (AvgIpc) is 2.76. The molecule has 0 aromatic carbocycles. The summed E-state index contributed by atoms with van der Waals surface area (Å²) in [7, 11) is 1.67. The summed E-state index contributed by atoms with van der Waals surface area (Å²) in [5, 5.41) is 18.4. The third-order valence-electron chi connectivity index (χ3n) is 3.39. The summed E-state index contributed by atoms with van der Waals surface area (Å²) in [5.74, 6) is -2.17. The molecule has 0 aromatic heterocycles. The summed E-state index contributed by atoms with van der Waals surface area (Å²) in [6, 6.07) is 0. The van der Waals surface area contributed by atoms with Gasteiger partial charge in [0, 0.05) is 25.2 Å². The number of hydrogen-bond acceptors (Lipinski definition) is 3. The molecule has 136 valence electrons. The summed E-state index contributed by atoms with van der Waals surface area (Å²) in [5.41, 5.74) is 1.57. The number of rotatable bonds is 5. The van der Waals surface area contributed by atoms with Gasteiger partial charge in [-0.25, -0.2) is 13.6 Å². The molecule has 0 saturated heterocycles. The van der Waals surface area contributed by atoms with Crippen LogP contribution in [0.2, 0.25) is 0 Å². The van der Waals surface area contributed by atoms with E-state index in [1.165, 1.54) is 17.2 Å². The Labute approximate surface area is 146 Å². The Morgan fingerprint density at radius 1 is 1.28 bits per heavy atom. The number of aliphatic carboxylic acids is 1. The minimum Gasteiger partial charge on any atom is -0.478 e. The van der Waals surface area contributed by atoms with E-state index in [1.807, 2.05) is 13.8 Å². The summed E-state index contributed by atoms with van der Waals surface area (Å²) in [6.07, 6.45) is 8.02. The fourth-order valence-corrected chi connectivity index (χ4v) is 2.20. The summed E-state index contributed by atoms with van der Waals surface area (Å²) in [4.78, 5) is 11.0. The van der Waals surface area contributed by atoms with Crippen LogP contribution in [0.15, 0.2) is 69.2 Å². The van der Waals surface area contributed by atoms with E-state index < -0.39 is 17.6 Å². The highest BCUT2D eigenvalue weighted by molar-refractivity contribution is 5.90. The van der Waals surface area contributed by atoms with Gasteiger partial charge >= 0.3 is 5.97 Å². The first-order valence-corrected chi connectivity index (χ1v) is 8.12. The van der Waals surface area contributed by atoms with Gasteiger partial charge in [0.2, 0.25) is 0 Å². The van der Waals surface area contributed by atoms with Gasteiger partial charge in [0.1, 0.15) is 11.7 Å². The van der Waals surface area contributed by atoms with Crippen molar-refractivity contribution in [2.45, 2.75) is 33.1 Å². The Morgan fingerprint density at radius 3 is 2.68 bits per heavy atom. The number of nitrogens with zero attached hydrogens (tertiary/aromatic N) is 3. The first-order chi connectivity index (χ1) is 12.0. The Hall–Kier alpha value is -2.57. The van der Waals surface area contributed by atoms with Crippen LogP contribution in [0.4, 0.5) is 8.78 Å². The molecule has 0 saturated carbocycles. The van der Waals surface area contributed by atoms with Crippen molar-refractivity contribution >= 4 is 5.97 Å². The van der Waals surface area contributed by atoms with Crippen molar-refractivity contribution in [3.63, 3.8) is 0 Å². The Morgan fingerprint density at radius 2 is 2.00 bits per heavy atom. The number of carboxylic acid groups (broad SMARTS) is 1. The summed E-state index contributed by atoms with van der Waals surface area (Å²) in [6.45, 7) is 4.14. The van der Waals surface area contributed by atoms with Crippen molar-refractivity contribution in [3.05, 3.63) is 58.9 Å². The van der Waals surface area contributed by atoms with Crippen molar-refractivity contribution in [1.29, 1.82) is 0 Å². The lowest BCUT2D eigenvalue weighted by molar-refractivity contribution is -0.132. The fourth-order valence-electron chi connectivity index (χ4n) is 2.20. The molecule has 0 unspecified atom stereocenters. The van der Waals surface area contributed by atoms with Gasteiger partial charge in [0.25, 0.3) is 0 Å². The maximum Gasteiger partial charge on any atom is 0.335 e. The van der Waals surface area contributed by atoms with E-state index >= 15 is 0 Å². The van der Waals surface area contributed by atoms with Gasteiger partial charge in [-0.3, -0.25) is 5.01 Å². The Kier molecular flexibility index (Phi) is 8.46. The lowest BCUT2D eigenvalue weighted by Gasteiger charge is -2.18. The molecular weight excluding hydrogens is 328 g/mol. The molecule has 0 aromatic rings. The van der Waals surface area contributed by atoms with Gasteiger partial charge in [-0.05, 0) is 30.6 Å². The predicted molar refractivity (Wildman–Crippen MR) is 93.0 cm³/mol. The minimum atomic E-state index is -0.979. The third-order valence-corrected chi connectivity index (χ3v) is 3.39. The molecule has 0 spiro atoms. The number of allylic oxidation sites excluding steroid dienone is 7. The van der Waals surface area contributed by atoms with Crippen LogP contribution in [-0.4, -0.2) is 29.7 Å². The molecule has 0 heterocycles. The molecule has 2 aliphatic rings. The molecule has 1 N–H and O–H groups in total. The smallest absolute Gasteiger partial charge is 0.335 e. The number of carboxylic acids is 1.